The van der Waals surface area contributed by atoms with Crippen LogP contribution in [-0.4, -0.2) is 14.5 Å². The fourth-order valence-corrected chi connectivity index (χ4v) is 2.41. The SMILES string of the molecule is Cc1ncn(Cc2ccc3ncccc3c2)c(=O)c1Br. The van der Waals surface area contributed by atoms with E-state index in [1.165, 1.54) is 0 Å². The van der Waals surface area contributed by atoms with E-state index in [0.717, 1.165) is 16.5 Å². The molecule has 3 aromatic rings. The summed E-state index contributed by atoms with van der Waals surface area (Å²) < 4.78 is 2.11. The van der Waals surface area contributed by atoms with Gasteiger partial charge in [-0.15, -0.1) is 0 Å². The molecule has 3 rings (SSSR count). The smallest absolute Gasteiger partial charge is 0.268 e. The normalized spacial score (nSPS) is 10.9. The number of rotatable bonds is 2. The zero-order valence-corrected chi connectivity index (χ0v) is 12.5. The Labute approximate surface area is 124 Å². The lowest BCUT2D eigenvalue weighted by Crippen LogP contribution is -2.22. The predicted molar refractivity (Wildman–Crippen MR) is 81.8 cm³/mol. The Hall–Kier alpha value is -2.01. The van der Waals surface area contributed by atoms with Crippen LogP contribution < -0.4 is 5.56 Å². The average molecular weight is 330 g/mol. The first-order chi connectivity index (χ1) is 9.65. The molecule has 0 spiro atoms. The number of aryl methyl sites for hydroxylation is 1. The van der Waals surface area contributed by atoms with Crippen molar-refractivity contribution in [3.63, 3.8) is 0 Å². The lowest BCUT2D eigenvalue weighted by molar-refractivity contribution is 0.725. The van der Waals surface area contributed by atoms with Crippen molar-refractivity contribution < 1.29 is 0 Å². The minimum Gasteiger partial charge on any atom is -0.294 e. The standard InChI is InChI=1S/C15H12BrN3O/c1-10-14(16)15(20)19(9-18-10)8-11-4-5-13-12(7-11)3-2-6-17-13/h2-7,9H,8H2,1H3. The van der Waals surface area contributed by atoms with E-state index in [0.29, 0.717) is 16.7 Å². The van der Waals surface area contributed by atoms with E-state index in [2.05, 4.69) is 25.9 Å². The van der Waals surface area contributed by atoms with Gasteiger partial charge < -0.3 is 0 Å². The molecule has 0 unspecified atom stereocenters. The lowest BCUT2D eigenvalue weighted by Gasteiger charge is -2.08. The molecule has 0 aliphatic carbocycles. The zero-order chi connectivity index (χ0) is 14.1. The monoisotopic (exact) mass is 329 g/mol. The molecule has 0 aliphatic rings. The Balaban J connectivity index is 2.01. The summed E-state index contributed by atoms with van der Waals surface area (Å²) in [5.41, 5.74) is 2.63. The lowest BCUT2D eigenvalue weighted by atomic mass is 10.1. The van der Waals surface area contributed by atoms with E-state index in [1.807, 2.05) is 30.3 Å². The second-order valence-corrected chi connectivity index (χ2v) is 5.40. The van der Waals surface area contributed by atoms with Crippen molar-refractivity contribution >= 4 is 26.8 Å². The van der Waals surface area contributed by atoms with Crippen molar-refractivity contribution in [2.45, 2.75) is 13.5 Å². The van der Waals surface area contributed by atoms with Gasteiger partial charge in [0.1, 0.15) is 4.47 Å². The molecule has 0 bridgehead atoms. The minimum absolute atomic E-state index is 0.0659. The van der Waals surface area contributed by atoms with Crippen LogP contribution in [0.5, 0.6) is 0 Å². The maximum Gasteiger partial charge on any atom is 0.268 e. The van der Waals surface area contributed by atoms with Crippen LogP contribution in [0.4, 0.5) is 0 Å². The highest BCUT2D eigenvalue weighted by atomic mass is 79.9. The molecule has 2 heterocycles. The molecular weight excluding hydrogens is 318 g/mol. The first kappa shape index (κ1) is 13.0. The summed E-state index contributed by atoms with van der Waals surface area (Å²) in [4.78, 5) is 20.6. The first-order valence-electron chi connectivity index (χ1n) is 6.20. The number of nitrogens with zero attached hydrogens (tertiary/aromatic N) is 3. The predicted octanol–water partition coefficient (Wildman–Crippen LogP) is 2.91. The van der Waals surface area contributed by atoms with Crippen LogP contribution in [0.3, 0.4) is 0 Å². The topological polar surface area (TPSA) is 47.8 Å². The minimum atomic E-state index is -0.0659. The third kappa shape index (κ3) is 2.36. The zero-order valence-electron chi connectivity index (χ0n) is 10.9. The molecule has 0 saturated heterocycles. The summed E-state index contributed by atoms with van der Waals surface area (Å²) in [5.74, 6) is 0. The van der Waals surface area contributed by atoms with Gasteiger partial charge in [-0.05, 0) is 46.6 Å². The Bertz CT molecular complexity index is 842. The van der Waals surface area contributed by atoms with Gasteiger partial charge in [-0.2, -0.15) is 0 Å². The second-order valence-electron chi connectivity index (χ2n) is 4.61. The fraction of sp³-hybridized carbons (Fsp3) is 0.133. The van der Waals surface area contributed by atoms with Gasteiger partial charge in [-0.3, -0.25) is 14.3 Å². The van der Waals surface area contributed by atoms with E-state index in [1.54, 1.807) is 24.0 Å². The molecule has 0 radical (unpaired) electrons. The Kier molecular flexibility index (Phi) is 3.36. The Morgan fingerprint density at radius 2 is 2.10 bits per heavy atom. The van der Waals surface area contributed by atoms with Crippen molar-refractivity contribution in [1.29, 1.82) is 0 Å². The molecule has 5 heteroatoms. The van der Waals surface area contributed by atoms with Crippen LogP contribution in [0.15, 0.2) is 52.1 Å². The molecule has 100 valence electrons. The molecule has 0 fully saturated rings. The van der Waals surface area contributed by atoms with Gasteiger partial charge >= 0.3 is 0 Å². The number of hydrogen-bond donors (Lipinski definition) is 0. The number of benzene rings is 1. The summed E-state index contributed by atoms with van der Waals surface area (Å²) in [6.45, 7) is 2.30. The van der Waals surface area contributed by atoms with Crippen molar-refractivity contribution in [3.8, 4) is 0 Å². The van der Waals surface area contributed by atoms with Gasteiger partial charge in [-0.25, -0.2) is 4.98 Å². The fourth-order valence-electron chi connectivity index (χ4n) is 2.08. The number of fused-ring (bicyclic) bond motifs is 1. The molecule has 1 aromatic carbocycles. The molecule has 0 amide bonds. The maximum atomic E-state index is 12.1. The van der Waals surface area contributed by atoms with Crippen LogP contribution in [-0.2, 0) is 6.54 Å². The molecule has 0 atom stereocenters. The highest BCUT2D eigenvalue weighted by Crippen LogP contribution is 2.14. The number of aromatic nitrogens is 3. The molecule has 0 saturated carbocycles. The van der Waals surface area contributed by atoms with Gasteiger partial charge in [0.15, 0.2) is 0 Å². The van der Waals surface area contributed by atoms with Crippen LogP contribution in [0.25, 0.3) is 10.9 Å². The van der Waals surface area contributed by atoms with Crippen molar-refractivity contribution in [3.05, 3.63) is 68.9 Å². The van der Waals surface area contributed by atoms with Crippen molar-refractivity contribution in [2.75, 3.05) is 0 Å². The Morgan fingerprint density at radius 1 is 1.25 bits per heavy atom. The van der Waals surface area contributed by atoms with E-state index < -0.39 is 0 Å². The van der Waals surface area contributed by atoms with E-state index in [9.17, 15) is 4.79 Å². The second kappa shape index (κ2) is 5.17. The van der Waals surface area contributed by atoms with Gasteiger partial charge in [-0.1, -0.05) is 12.1 Å². The summed E-state index contributed by atoms with van der Waals surface area (Å²) in [6, 6.07) is 9.91. The molecular formula is C15H12BrN3O. The number of hydrogen-bond acceptors (Lipinski definition) is 3. The third-order valence-electron chi connectivity index (χ3n) is 3.18. The largest absolute Gasteiger partial charge is 0.294 e. The van der Waals surface area contributed by atoms with Crippen molar-refractivity contribution in [1.82, 2.24) is 14.5 Å². The van der Waals surface area contributed by atoms with Crippen LogP contribution in [0.2, 0.25) is 0 Å². The van der Waals surface area contributed by atoms with Crippen LogP contribution in [0.1, 0.15) is 11.3 Å². The number of halogens is 1. The van der Waals surface area contributed by atoms with E-state index >= 15 is 0 Å². The van der Waals surface area contributed by atoms with Crippen LogP contribution >= 0.6 is 15.9 Å². The molecule has 2 aromatic heterocycles. The highest BCUT2D eigenvalue weighted by molar-refractivity contribution is 9.10. The number of pyridine rings is 1. The van der Waals surface area contributed by atoms with Gasteiger partial charge in [0.05, 0.1) is 24.1 Å². The van der Waals surface area contributed by atoms with Gasteiger partial charge in [0, 0.05) is 11.6 Å². The van der Waals surface area contributed by atoms with E-state index in [4.69, 9.17) is 0 Å². The Morgan fingerprint density at radius 3 is 2.95 bits per heavy atom. The third-order valence-corrected chi connectivity index (χ3v) is 4.09. The van der Waals surface area contributed by atoms with E-state index in [-0.39, 0.29) is 5.56 Å². The van der Waals surface area contributed by atoms with Gasteiger partial charge in [0.25, 0.3) is 5.56 Å². The van der Waals surface area contributed by atoms with Gasteiger partial charge in [0.2, 0.25) is 0 Å². The highest BCUT2D eigenvalue weighted by Gasteiger charge is 2.06. The molecule has 0 aliphatic heterocycles. The average Bonchev–Trinajstić information content (AvgIpc) is 2.48. The summed E-state index contributed by atoms with van der Waals surface area (Å²) in [7, 11) is 0. The maximum absolute atomic E-state index is 12.1. The summed E-state index contributed by atoms with van der Waals surface area (Å²) >= 11 is 3.28. The molecule has 4 nitrogen and oxygen atoms in total. The first-order valence-corrected chi connectivity index (χ1v) is 6.99. The molecule has 20 heavy (non-hydrogen) atoms. The molecule has 0 N–H and O–H groups in total. The summed E-state index contributed by atoms with van der Waals surface area (Å²) in [5, 5.41) is 1.07. The summed E-state index contributed by atoms with van der Waals surface area (Å²) in [6.07, 6.45) is 3.35. The quantitative estimate of drug-likeness (QED) is 0.726. The van der Waals surface area contributed by atoms with Crippen LogP contribution in [0, 0.1) is 6.92 Å². The van der Waals surface area contributed by atoms with Crippen molar-refractivity contribution in [2.24, 2.45) is 0 Å².